The van der Waals surface area contributed by atoms with Crippen LogP contribution >= 0.6 is 0 Å². The Morgan fingerprint density at radius 3 is 2.33 bits per heavy atom. The number of hydrogen-bond donors (Lipinski definition) is 1. The van der Waals surface area contributed by atoms with Gasteiger partial charge in [-0.1, -0.05) is 6.07 Å². The highest BCUT2D eigenvalue weighted by atomic mass is 19.4. The first kappa shape index (κ1) is 19.2. The lowest BCUT2D eigenvalue weighted by Gasteiger charge is -2.37. The van der Waals surface area contributed by atoms with Gasteiger partial charge in [0.05, 0.1) is 5.56 Å². The average molecular weight is 383 g/mol. The maximum atomic E-state index is 12.8. The van der Waals surface area contributed by atoms with E-state index in [2.05, 4.69) is 5.32 Å². The quantitative estimate of drug-likeness (QED) is 0.799. The highest BCUT2D eigenvalue weighted by Gasteiger charge is 2.53. The van der Waals surface area contributed by atoms with E-state index in [-0.39, 0.29) is 43.4 Å². The Hall–Kier alpha value is -2.58. The molecular weight excluding hydrogens is 363 g/mol. The van der Waals surface area contributed by atoms with Gasteiger partial charge < -0.3 is 10.2 Å². The third-order valence-electron chi connectivity index (χ3n) is 5.05. The minimum absolute atomic E-state index is 0.0497. The van der Waals surface area contributed by atoms with Crippen LogP contribution in [0.5, 0.6) is 0 Å². The van der Waals surface area contributed by atoms with Gasteiger partial charge in [-0.15, -0.1) is 0 Å². The maximum absolute atomic E-state index is 12.8. The molecule has 0 saturated carbocycles. The van der Waals surface area contributed by atoms with Crippen molar-refractivity contribution in [3.8, 4) is 0 Å². The van der Waals surface area contributed by atoms with Crippen LogP contribution in [0.1, 0.15) is 42.6 Å². The Labute approximate surface area is 154 Å². The van der Waals surface area contributed by atoms with Crippen molar-refractivity contribution in [3.05, 3.63) is 35.4 Å². The van der Waals surface area contributed by atoms with E-state index in [0.29, 0.717) is 0 Å². The van der Waals surface area contributed by atoms with Gasteiger partial charge in [0.1, 0.15) is 5.54 Å². The molecule has 27 heavy (non-hydrogen) atoms. The molecule has 4 amide bonds. The fourth-order valence-electron chi connectivity index (χ4n) is 3.55. The highest BCUT2D eigenvalue weighted by molar-refractivity contribution is 6.07. The Kier molecular flexibility index (Phi) is 4.65. The normalized spacial score (nSPS) is 19.8. The van der Waals surface area contributed by atoms with Crippen LogP contribution in [0.25, 0.3) is 0 Å². The number of rotatable bonds is 2. The number of imide groups is 1. The molecule has 0 radical (unpaired) electrons. The zero-order chi connectivity index (χ0) is 20.0. The molecule has 2 aliphatic rings. The van der Waals surface area contributed by atoms with Crippen molar-refractivity contribution in [2.75, 3.05) is 13.1 Å². The van der Waals surface area contributed by atoms with Crippen LogP contribution in [0.2, 0.25) is 0 Å². The second-order valence-corrected chi connectivity index (χ2v) is 7.15. The average Bonchev–Trinajstić information content (AvgIpc) is 2.84. The number of alkyl halides is 3. The minimum atomic E-state index is -4.52. The summed E-state index contributed by atoms with van der Waals surface area (Å²) in [4.78, 5) is 39.9. The summed E-state index contributed by atoms with van der Waals surface area (Å²) in [5.74, 6) is -0.831. The van der Waals surface area contributed by atoms with Crippen molar-refractivity contribution in [2.45, 2.75) is 44.4 Å². The largest absolute Gasteiger partial charge is 0.416 e. The molecule has 2 fully saturated rings. The van der Waals surface area contributed by atoms with Crippen LogP contribution in [0.3, 0.4) is 0 Å². The number of carbonyl (C=O) groups excluding carboxylic acids is 3. The lowest BCUT2D eigenvalue weighted by atomic mass is 9.87. The van der Waals surface area contributed by atoms with E-state index in [1.54, 1.807) is 13.8 Å². The van der Waals surface area contributed by atoms with E-state index in [4.69, 9.17) is 0 Å². The molecule has 0 aromatic heterocycles. The summed E-state index contributed by atoms with van der Waals surface area (Å²) >= 11 is 0. The van der Waals surface area contributed by atoms with E-state index in [1.165, 1.54) is 21.9 Å². The number of likely N-dealkylation sites (tertiary alicyclic amines) is 1. The molecule has 0 bridgehead atoms. The standard InChI is InChI=1S/C18H20F3N3O3/c1-11(2)24-15(26)17(22-16(24)27)6-8-23(9-7-17)14(25)12-4-3-5-13(10-12)18(19,20)21/h3-5,10-11H,6-9H2,1-2H3,(H,22,27). The summed E-state index contributed by atoms with van der Waals surface area (Å²) in [6.45, 7) is 3.83. The number of urea groups is 1. The Bertz CT molecular complexity index is 784. The second kappa shape index (κ2) is 6.54. The summed E-state index contributed by atoms with van der Waals surface area (Å²) in [5, 5.41) is 2.73. The van der Waals surface area contributed by atoms with Gasteiger partial charge in [-0.3, -0.25) is 14.5 Å². The van der Waals surface area contributed by atoms with Gasteiger partial charge in [-0.2, -0.15) is 13.2 Å². The molecule has 6 nitrogen and oxygen atoms in total. The number of amides is 4. The smallest absolute Gasteiger partial charge is 0.338 e. The molecular formula is C18H20F3N3O3. The Morgan fingerprint density at radius 1 is 1.19 bits per heavy atom. The lowest BCUT2D eigenvalue weighted by Crippen LogP contribution is -2.56. The zero-order valence-corrected chi connectivity index (χ0v) is 15.0. The summed E-state index contributed by atoms with van der Waals surface area (Å²) in [5.41, 5.74) is -1.97. The van der Waals surface area contributed by atoms with E-state index < -0.39 is 29.2 Å². The zero-order valence-electron chi connectivity index (χ0n) is 15.0. The number of nitrogens with one attached hydrogen (secondary N) is 1. The van der Waals surface area contributed by atoms with Crippen LogP contribution in [-0.4, -0.2) is 52.3 Å². The predicted octanol–water partition coefficient (Wildman–Crippen LogP) is 2.64. The Morgan fingerprint density at radius 2 is 1.81 bits per heavy atom. The highest BCUT2D eigenvalue weighted by Crippen LogP contribution is 2.32. The first-order valence-electron chi connectivity index (χ1n) is 8.67. The molecule has 2 heterocycles. The van der Waals surface area contributed by atoms with Gasteiger partial charge in [0, 0.05) is 24.7 Å². The molecule has 2 saturated heterocycles. The molecule has 1 aromatic rings. The minimum Gasteiger partial charge on any atom is -0.338 e. The van der Waals surface area contributed by atoms with Crippen LogP contribution in [0.4, 0.5) is 18.0 Å². The van der Waals surface area contributed by atoms with Crippen LogP contribution < -0.4 is 5.32 Å². The number of halogens is 3. The maximum Gasteiger partial charge on any atom is 0.416 e. The molecule has 1 aromatic carbocycles. The van der Waals surface area contributed by atoms with Crippen molar-refractivity contribution >= 4 is 17.8 Å². The summed E-state index contributed by atoms with van der Waals surface area (Å²) in [6.07, 6.45) is -4.07. The van der Waals surface area contributed by atoms with E-state index >= 15 is 0 Å². The van der Waals surface area contributed by atoms with Crippen LogP contribution in [0, 0.1) is 0 Å². The fraction of sp³-hybridized carbons (Fsp3) is 0.500. The summed E-state index contributed by atoms with van der Waals surface area (Å²) < 4.78 is 38.5. The van der Waals surface area contributed by atoms with Crippen molar-refractivity contribution in [1.82, 2.24) is 15.1 Å². The van der Waals surface area contributed by atoms with Gasteiger partial charge in [-0.05, 0) is 44.9 Å². The van der Waals surface area contributed by atoms with Gasteiger partial charge in [0.25, 0.3) is 11.8 Å². The van der Waals surface area contributed by atoms with Crippen molar-refractivity contribution < 1.29 is 27.6 Å². The van der Waals surface area contributed by atoms with E-state index in [9.17, 15) is 27.6 Å². The topological polar surface area (TPSA) is 69.7 Å². The predicted molar refractivity (Wildman–Crippen MR) is 89.8 cm³/mol. The van der Waals surface area contributed by atoms with Crippen molar-refractivity contribution in [2.24, 2.45) is 0 Å². The third-order valence-corrected chi connectivity index (χ3v) is 5.05. The molecule has 0 atom stereocenters. The monoisotopic (exact) mass is 383 g/mol. The first-order valence-corrected chi connectivity index (χ1v) is 8.67. The number of carbonyl (C=O) groups is 3. The SMILES string of the molecule is CC(C)N1C(=O)NC2(CCN(C(=O)c3cccc(C(F)(F)F)c3)CC2)C1=O. The van der Waals surface area contributed by atoms with Gasteiger partial charge >= 0.3 is 12.2 Å². The molecule has 3 rings (SSSR count). The third kappa shape index (κ3) is 3.38. The molecule has 2 aliphatic heterocycles. The molecule has 146 valence electrons. The number of hydrogen-bond acceptors (Lipinski definition) is 3. The van der Waals surface area contributed by atoms with Crippen LogP contribution in [0.15, 0.2) is 24.3 Å². The Balaban J connectivity index is 1.72. The number of piperidine rings is 1. The van der Waals surface area contributed by atoms with Crippen LogP contribution in [-0.2, 0) is 11.0 Å². The lowest BCUT2D eigenvalue weighted by molar-refractivity contribution is -0.137. The summed E-state index contributed by atoms with van der Waals surface area (Å²) in [7, 11) is 0. The molecule has 0 aliphatic carbocycles. The molecule has 9 heteroatoms. The van der Waals surface area contributed by atoms with Crippen molar-refractivity contribution in [1.29, 1.82) is 0 Å². The molecule has 0 unspecified atom stereocenters. The number of nitrogens with zero attached hydrogens (tertiary/aromatic N) is 2. The van der Waals surface area contributed by atoms with E-state index in [0.717, 1.165) is 12.1 Å². The first-order chi connectivity index (χ1) is 12.5. The molecule has 1 spiro atoms. The van der Waals surface area contributed by atoms with E-state index in [1.807, 2.05) is 0 Å². The second-order valence-electron chi connectivity index (χ2n) is 7.15. The summed E-state index contributed by atoms with van der Waals surface area (Å²) in [6, 6.07) is 3.55. The number of benzene rings is 1. The van der Waals surface area contributed by atoms with Gasteiger partial charge in [-0.25, -0.2) is 4.79 Å². The fourth-order valence-corrected chi connectivity index (χ4v) is 3.55. The van der Waals surface area contributed by atoms with Gasteiger partial charge in [0.2, 0.25) is 0 Å². The molecule has 1 N–H and O–H groups in total. The van der Waals surface area contributed by atoms with Gasteiger partial charge in [0.15, 0.2) is 0 Å². The van der Waals surface area contributed by atoms with Crippen molar-refractivity contribution in [3.63, 3.8) is 0 Å².